The molecule has 0 spiro atoms. The molecular formula is C17H19N. The Bertz CT molecular complexity index is 524. The number of anilines is 2. The smallest absolute Gasteiger partial charge is 0.0447 e. The van der Waals surface area contributed by atoms with Crippen molar-refractivity contribution in [2.45, 2.75) is 19.8 Å². The molecule has 0 bridgehead atoms. The van der Waals surface area contributed by atoms with E-state index in [9.17, 15) is 0 Å². The summed E-state index contributed by atoms with van der Waals surface area (Å²) < 4.78 is 0. The minimum absolute atomic E-state index is 0.508. The quantitative estimate of drug-likeness (QED) is 0.703. The van der Waals surface area contributed by atoms with Crippen LogP contribution in [0.4, 0.5) is 11.4 Å². The van der Waals surface area contributed by atoms with Crippen LogP contribution in [0.2, 0.25) is 0 Å². The molecule has 0 aliphatic carbocycles. The third kappa shape index (κ3) is 1.54. The van der Waals surface area contributed by atoms with Gasteiger partial charge in [-0.3, -0.25) is 0 Å². The topological polar surface area (TPSA) is 3.24 Å². The highest BCUT2D eigenvalue weighted by molar-refractivity contribution is 5.75. The zero-order chi connectivity index (χ0) is 12.7. The Balaban J connectivity index is 2.26. The average molecular weight is 237 g/mol. The molecular weight excluding hydrogens is 218 g/mol. The molecule has 1 aliphatic rings. The Morgan fingerprint density at radius 1 is 0.833 bits per heavy atom. The Morgan fingerprint density at radius 3 is 1.72 bits per heavy atom. The lowest BCUT2D eigenvalue weighted by Crippen LogP contribution is -2.23. The molecule has 0 saturated heterocycles. The van der Waals surface area contributed by atoms with Gasteiger partial charge in [-0.2, -0.15) is 0 Å². The molecule has 3 rings (SSSR count). The molecule has 0 saturated carbocycles. The van der Waals surface area contributed by atoms with Gasteiger partial charge < -0.3 is 4.90 Å². The predicted octanol–water partition coefficient (Wildman–Crippen LogP) is 4.56. The van der Waals surface area contributed by atoms with Crippen molar-refractivity contribution in [3.63, 3.8) is 0 Å². The summed E-state index contributed by atoms with van der Waals surface area (Å²) >= 11 is 0. The molecule has 18 heavy (non-hydrogen) atoms. The molecule has 2 aromatic carbocycles. The number of nitrogens with zero attached hydrogens (tertiary/aromatic N) is 1. The Morgan fingerprint density at radius 2 is 1.28 bits per heavy atom. The fourth-order valence-corrected chi connectivity index (χ4v) is 3.13. The number of para-hydroxylation sites is 2. The zero-order valence-electron chi connectivity index (χ0n) is 11.2. The fourth-order valence-electron chi connectivity index (χ4n) is 3.13. The second-order valence-corrected chi connectivity index (χ2v) is 5.40. The van der Waals surface area contributed by atoms with Crippen LogP contribution in [-0.2, 0) is 0 Å². The van der Waals surface area contributed by atoms with Crippen LogP contribution in [0.15, 0.2) is 48.5 Å². The van der Waals surface area contributed by atoms with Crippen molar-refractivity contribution in [2.24, 2.45) is 5.92 Å². The fraction of sp³-hybridized carbons (Fsp3) is 0.294. The first kappa shape index (κ1) is 11.3. The molecule has 1 aliphatic heterocycles. The monoisotopic (exact) mass is 237 g/mol. The van der Waals surface area contributed by atoms with Crippen LogP contribution in [0.1, 0.15) is 30.9 Å². The van der Waals surface area contributed by atoms with Crippen molar-refractivity contribution in [1.29, 1.82) is 0 Å². The van der Waals surface area contributed by atoms with Gasteiger partial charge in [-0.1, -0.05) is 50.2 Å². The molecule has 0 radical (unpaired) electrons. The normalized spacial score (nSPS) is 14.6. The lowest BCUT2D eigenvalue weighted by atomic mass is 9.78. The van der Waals surface area contributed by atoms with Gasteiger partial charge in [0, 0.05) is 24.3 Å². The lowest BCUT2D eigenvalue weighted by Gasteiger charge is -2.37. The third-order valence-corrected chi connectivity index (χ3v) is 3.93. The van der Waals surface area contributed by atoms with E-state index in [2.05, 4.69) is 74.3 Å². The van der Waals surface area contributed by atoms with Gasteiger partial charge >= 0.3 is 0 Å². The minimum atomic E-state index is 0.508. The SMILES string of the molecule is CC(C)C1c2ccccc2N(C)c2ccccc21. The maximum absolute atomic E-state index is 2.31. The van der Waals surface area contributed by atoms with Crippen molar-refractivity contribution < 1.29 is 0 Å². The molecule has 1 nitrogen and oxygen atoms in total. The zero-order valence-corrected chi connectivity index (χ0v) is 11.2. The first-order valence-corrected chi connectivity index (χ1v) is 6.61. The highest BCUT2D eigenvalue weighted by Crippen LogP contribution is 2.47. The summed E-state index contributed by atoms with van der Waals surface area (Å²) in [5.41, 5.74) is 5.59. The van der Waals surface area contributed by atoms with E-state index in [-0.39, 0.29) is 0 Å². The van der Waals surface area contributed by atoms with Crippen molar-refractivity contribution in [1.82, 2.24) is 0 Å². The Kier molecular flexibility index (Phi) is 2.62. The average Bonchev–Trinajstić information content (AvgIpc) is 2.39. The van der Waals surface area contributed by atoms with Crippen molar-refractivity contribution in [2.75, 3.05) is 11.9 Å². The first-order valence-electron chi connectivity index (χ1n) is 6.61. The summed E-state index contributed by atoms with van der Waals surface area (Å²) in [5.74, 6) is 1.12. The number of hydrogen-bond acceptors (Lipinski definition) is 1. The van der Waals surface area contributed by atoms with E-state index in [1.54, 1.807) is 0 Å². The summed E-state index contributed by atoms with van der Waals surface area (Å²) in [6, 6.07) is 17.5. The van der Waals surface area contributed by atoms with Crippen LogP contribution >= 0.6 is 0 Å². The summed E-state index contributed by atoms with van der Waals surface area (Å²) in [6.07, 6.45) is 0. The molecule has 1 heterocycles. The summed E-state index contributed by atoms with van der Waals surface area (Å²) in [7, 11) is 2.16. The van der Waals surface area contributed by atoms with Gasteiger partial charge in [-0.05, 0) is 29.2 Å². The van der Waals surface area contributed by atoms with Crippen LogP contribution in [0.3, 0.4) is 0 Å². The third-order valence-electron chi connectivity index (χ3n) is 3.93. The number of rotatable bonds is 1. The van der Waals surface area contributed by atoms with Crippen LogP contribution in [0.5, 0.6) is 0 Å². The number of benzene rings is 2. The van der Waals surface area contributed by atoms with E-state index >= 15 is 0 Å². The van der Waals surface area contributed by atoms with Gasteiger partial charge in [0.05, 0.1) is 0 Å². The Hall–Kier alpha value is -1.76. The highest BCUT2D eigenvalue weighted by atomic mass is 15.1. The molecule has 0 N–H and O–H groups in total. The number of fused-ring (bicyclic) bond motifs is 2. The molecule has 0 fully saturated rings. The Labute approximate surface area is 109 Å². The van der Waals surface area contributed by atoms with Gasteiger partial charge in [0.2, 0.25) is 0 Å². The lowest BCUT2D eigenvalue weighted by molar-refractivity contribution is 0.559. The maximum atomic E-state index is 2.31. The van der Waals surface area contributed by atoms with Crippen LogP contribution in [-0.4, -0.2) is 7.05 Å². The number of hydrogen-bond donors (Lipinski definition) is 0. The molecule has 0 aromatic heterocycles. The summed E-state index contributed by atoms with van der Waals surface area (Å²) in [5, 5.41) is 0. The van der Waals surface area contributed by atoms with Crippen molar-refractivity contribution >= 4 is 11.4 Å². The molecule has 2 aromatic rings. The molecule has 1 heteroatoms. The van der Waals surface area contributed by atoms with Gasteiger partial charge in [-0.15, -0.1) is 0 Å². The highest BCUT2D eigenvalue weighted by Gasteiger charge is 2.29. The van der Waals surface area contributed by atoms with Crippen LogP contribution in [0, 0.1) is 5.92 Å². The maximum Gasteiger partial charge on any atom is 0.0447 e. The molecule has 0 amide bonds. The summed E-state index contributed by atoms with van der Waals surface area (Å²) in [4.78, 5) is 2.31. The second-order valence-electron chi connectivity index (χ2n) is 5.40. The van der Waals surface area contributed by atoms with Gasteiger partial charge in [0.1, 0.15) is 0 Å². The van der Waals surface area contributed by atoms with E-state index in [1.165, 1.54) is 22.5 Å². The molecule has 0 unspecified atom stereocenters. The van der Waals surface area contributed by atoms with Gasteiger partial charge in [0.25, 0.3) is 0 Å². The molecule has 0 atom stereocenters. The summed E-state index contributed by atoms with van der Waals surface area (Å²) in [6.45, 7) is 4.62. The van der Waals surface area contributed by atoms with E-state index in [0.717, 1.165) is 0 Å². The van der Waals surface area contributed by atoms with Gasteiger partial charge in [-0.25, -0.2) is 0 Å². The van der Waals surface area contributed by atoms with E-state index in [4.69, 9.17) is 0 Å². The van der Waals surface area contributed by atoms with Gasteiger partial charge in [0.15, 0.2) is 0 Å². The molecule has 92 valence electrons. The van der Waals surface area contributed by atoms with E-state index in [1.807, 2.05) is 0 Å². The van der Waals surface area contributed by atoms with Crippen molar-refractivity contribution in [3.05, 3.63) is 59.7 Å². The van der Waals surface area contributed by atoms with Crippen LogP contribution < -0.4 is 4.90 Å². The van der Waals surface area contributed by atoms with Crippen molar-refractivity contribution in [3.8, 4) is 0 Å². The second kappa shape index (κ2) is 4.16. The van der Waals surface area contributed by atoms with E-state index in [0.29, 0.717) is 11.8 Å². The standard InChI is InChI=1S/C17H19N/c1-12(2)17-13-8-4-6-10-15(13)18(3)16-11-7-5-9-14(16)17/h4-12,17H,1-3H3. The predicted molar refractivity (Wildman–Crippen MR) is 77.6 cm³/mol. The van der Waals surface area contributed by atoms with Crippen LogP contribution in [0.25, 0.3) is 0 Å². The minimum Gasteiger partial charge on any atom is -0.344 e. The first-order chi connectivity index (χ1) is 8.70. The largest absolute Gasteiger partial charge is 0.344 e. The van der Waals surface area contributed by atoms with E-state index < -0.39 is 0 Å².